The number of aromatic amines is 1. The van der Waals surface area contributed by atoms with Crippen LogP contribution in [0.4, 0.5) is 11.4 Å². The van der Waals surface area contributed by atoms with Crippen LogP contribution in [0.2, 0.25) is 0 Å². The van der Waals surface area contributed by atoms with Crippen LogP contribution >= 0.6 is 15.9 Å². The molecule has 0 aliphatic heterocycles. The molecule has 0 saturated heterocycles. The third-order valence-electron chi connectivity index (χ3n) is 3.26. The van der Waals surface area contributed by atoms with E-state index in [-0.39, 0.29) is 5.91 Å². The number of nitrogen functional groups attached to an aromatic ring is 1. The van der Waals surface area contributed by atoms with Crippen LogP contribution in [0.15, 0.2) is 46.9 Å². The van der Waals surface area contributed by atoms with Gasteiger partial charge in [0.25, 0.3) is 5.91 Å². The summed E-state index contributed by atoms with van der Waals surface area (Å²) in [6, 6.07) is 13.1. The highest BCUT2D eigenvalue weighted by Gasteiger charge is 2.11. The van der Waals surface area contributed by atoms with E-state index in [1.54, 1.807) is 12.1 Å². The second-order valence-electron chi connectivity index (χ2n) is 4.97. The summed E-state index contributed by atoms with van der Waals surface area (Å²) in [7, 11) is 0. The Hall–Kier alpha value is -2.27. The van der Waals surface area contributed by atoms with Gasteiger partial charge in [0, 0.05) is 21.1 Å². The zero-order valence-electron chi connectivity index (χ0n) is 11.4. The Morgan fingerprint density at radius 1 is 1.19 bits per heavy atom. The van der Waals surface area contributed by atoms with Gasteiger partial charge in [0.15, 0.2) is 0 Å². The fourth-order valence-electron chi connectivity index (χ4n) is 2.20. The molecule has 0 spiro atoms. The van der Waals surface area contributed by atoms with E-state index in [1.807, 2.05) is 37.3 Å². The molecule has 3 aromatic rings. The Bertz CT molecular complexity index is 839. The van der Waals surface area contributed by atoms with E-state index in [0.29, 0.717) is 11.4 Å². The van der Waals surface area contributed by atoms with Crippen LogP contribution in [-0.4, -0.2) is 10.9 Å². The first-order valence-electron chi connectivity index (χ1n) is 6.49. The molecule has 0 aliphatic rings. The molecule has 0 radical (unpaired) electrons. The summed E-state index contributed by atoms with van der Waals surface area (Å²) < 4.78 is 0.849. The number of carbonyl (C=O) groups excluding carboxylic acids is 1. The Kier molecular flexibility index (Phi) is 3.43. The number of hydrogen-bond donors (Lipinski definition) is 3. The van der Waals surface area contributed by atoms with Gasteiger partial charge < -0.3 is 16.0 Å². The quantitative estimate of drug-likeness (QED) is 0.613. The molecule has 106 valence electrons. The van der Waals surface area contributed by atoms with Crippen LogP contribution < -0.4 is 11.1 Å². The first-order valence-corrected chi connectivity index (χ1v) is 7.28. The first-order chi connectivity index (χ1) is 10.0. The number of nitrogens with two attached hydrogens (primary N) is 1. The summed E-state index contributed by atoms with van der Waals surface area (Å²) in [6.45, 7) is 1.98. The molecule has 5 heteroatoms. The highest BCUT2D eigenvalue weighted by Crippen LogP contribution is 2.25. The van der Waals surface area contributed by atoms with Gasteiger partial charge in [0.1, 0.15) is 5.69 Å². The average molecular weight is 344 g/mol. The predicted octanol–water partition coefficient (Wildman–Crippen LogP) is 4.07. The van der Waals surface area contributed by atoms with E-state index >= 15 is 0 Å². The third kappa shape index (κ3) is 2.78. The summed E-state index contributed by atoms with van der Waals surface area (Å²) in [6.07, 6.45) is 0. The number of H-pyrrole nitrogens is 1. The van der Waals surface area contributed by atoms with Crippen molar-refractivity contribution in [3.8, 4) is 0 Å². The Morgan fingerprint density at radius 2 is 2.00 bits per heavy atom. The zero-order chi connectivity index (χ0) is 15.0. The number of aromatic nitrogens is 1. The number of nitrogens with one attached hydrogen (secondary N) is 2. The number of halogens is 1. The molecular weight excluding hydrogens is 330 g/mol. The summed E-state index contributed by atoms with van der Waals surface area (Å²) in [5.41, 5.74) is 9.64. The third-order valence-corrected chi connectivity index (χ3v) is 3.95. The lowest BCUT2D eigenvalue weighted by Gasteiger charge is -2.07. The van der Waals surface area contributed by atoms with Crippen molar-refractivity contribution >= 4 is 44.1 Å². The van der Waals surface area contributed by atoms with Crippen molar-refractivity contribution in [1.82, 2.24) is 4.98 Å². The van der Waals surface area contributed by atoms with E-state index < -0.39 is 0 Å². The van der Waals surface area contributed by atoms with Gasteiger partial charge in [-0.3, -0.25) is 4.79 Å². The average Bonchev–Trinajstić information content (AvgIpc) is 2.86. The molecule has 0 atom stereocenters. The van der Waals surface area contributed by atoms with Crippen molar-refractivity contribution in [2.75, 3.05) is 11.1 Å². The largest absolute Gasteiger partial charge is 0.399 e. The molecule has 1 amide bonds. The maximum atomic E-state index is 12.3. The molecule has 3 rings (SSSR count). The lowest BCUT2D eigenvalue weighted by molar-refractivity contribution is 0.102. The van der Waals surface area contributed by atoms with Gasteiger partial charge in [-0.2, -0.15) is 0 Å². The highest BCUT2D eigenvalue weighted by molar-refractivity contribution is 9.10. The van der Waals surface area contributed by atoms with Crippen LogP contribution in [0.5, 0.6) is 0 Å². The summed E-state index contributed by atoms with van der Waals surface area (Å²) in [5.74, 6) is -0.184. The monoisotopic (exact) mass is 343 g/mol. The SMILES string of the molecule is Cc1ccc(Br)c(NC(=O)c2cc3cc(N)ccc3[nH]2)c1. The minimum absolute atomic E-state index is 0.184. The Labute approximate surface area is 130 Å². The maximum absolute atomic E-state index is 12.3. The normalized spacial score (nSPS) is 10.8. The highest BCUT2D eigenvalue weighted by atomic mass is 79.9. The summed E-state index contributed by atoms with van der Waals surface area (Å²) in [5, 5.41) is 3.81. The van der Waals surface area contributed by atoms with Gasteiger partial charge in [-0.25, -0.2) is 0 Å². The van der Waals surface area contributed by atoms with Gasteiger partial charge in [0.2, 0.25) is 0 Å². The Balaban J connectivity index is 1.91. The van der Waals surface area contributed by atoms with E-state index in [1.165, 1.54) is 0 Å². The van der Waals surface area contributed by atoms with Crippen LogP contribution in [0, 0.1) is 6.92 Å². The van der Waals surface area contributed by atoms with Crippen molar-refractivity contribution in [3.63, 3.8) is 0 Å². The van der Waals surface area contributed by atoms with Gasteiger partial charge in [-0.05, 0) is 64.8 Å². The van der Waals surface area contributed by atoms with Crippen LogP contribution in [-0.2, 0) is 0 Å². The zero-order valence-corrected chi connectivity index (χ0v) is 13.0. The minimum Gasteiger partial charge on any atom is -0.399 e. The summed E-state index contributed by atoms with van der Waals surface area (Å²) in [4.78, 5) is 15.4. The molecule has 0 unspecified atom stereocenters. The van der Waals surface area contributed by atoms with E-state index in [9.17, 15) is 4.79 Å². The number of aryl methyl sites for hydroxylation is 1. The molecule has 0 aliphatic carbocycles. The lowest BCUT2D eigenvalue weighted by atomic mass is 10.2. The molecule has 2 aromatic carbocycles. The fraction of sp³-hybridized carbons (Fsp3) is 0.0625. The molecular formula is C16H14BrN3O. The number of hydrogen-bond acceptors (Lipinski definition) is 2. The van der Waals surface area contributed by atoms with Crippen molar-refractivity contribution < 1.29 is 4.79 Å². The number of anilines is 2. The Morgan fingerprint density at radius 3 is 2.81 bits per heavy atom. The minimum atomic E-state index is -0.184. The van der Waals surface area contributed by atoms with Gasteiger partial charge in [-0.1, -0.05) is 6.07 Å². The molecule has 4 nitrogen and oxygen atoms in total. The topological polar surface area (TPSA) is 70.9 Å². The van der Waals surface area contributed by atoms with Crippen LogP contribution in [0.3, 0.4) is 0 Å². The van der Waals surface area contributed by atoms with Gasteiger partial charge >= 0.3 is 0 Å². The smallest absolute Gasteiger partial charge is 0.272 e. The van der Waals surface area contributed by atoms with Crippen LogP contribution in [0.1, 0.15) is 16.1 Å². The number of carbonyl (C=O) groups is 1. The van der Waals surface area contributed by atoms with Crippen molar-refractivity contribution in [1.29, 1.82) is 0 Å². The lowest BCUT2D eigenvalue weighted by Crippen LogP contribution is -2.12. The predicted molar refractivity (Wildman–Crippen MR) is 89.5 cm³/mol. The number of amides is 1. The van der Waals surface area contributed by atoms with E-state index in [2.05, 4.69) is 26.2 Å². The van der Waals surface area contributed by atoms with Crippen molar-refractivity contribution in [2.24, 2.45) is 0 Å². The standard InChI is InChI=1S/C16H14BrN3O/c1-9-2-4-12(17)14(6-9)20-16(21)15-8-10-7-11(18)3-5-13(10)19-15/h2-8,19H,18H2,1H3,(H,20,21). The fourth-order valence-corrected chi connectivity index (χ4v) is 2.54. The molecule has 4 N–H and O–H groups in total. The number of rotatable bonds is 2. The van der Waals surface area contributed by atoms with Crippen molar-refractivity contribution in [2.45, 2.75) is 6.92 Å². The molecule has 1 heterocycles. The maximum Gasteiger partial charge on any atom is 0.272 e. The first kappa shape index (κ1) is 13.7. The van der Waals surface area contributed by atoms with Crippen molar-refractivity contribution in [3.05, 3.63) is 58.2 Å². The molecule has 1 aromatic heterocycles. The molecule has 0 fully saturated rings. The molecule has 21 heavy (non-hydrogen) atoms. The second-order valence-corrected chi connectivity index (χ2v) is 5.82. The van der Waals surface area contributed by atoms with E-state index in [0.717, 1.165) is 26.6 Å². The van der Waals surface area contributed by atoms with Gasteiger partial charge in [0.05, 0.1) is 5.69 Å². The van der Waals surface area contributed by atoms with Crippen LogP contribution in [0.25, 0.3) is 10.9 Å². The van der Waals surface area contributed by atoms with E-state index in [4.69, 9.17) is 5.73 Å². The number of fused-ring (bicyclic) bond motifs is 1. The summed E-state index contributed by atoms with van der Waals surface area (Å²) >= 11 is 3.43. The number of benzene rings is 2. The van der Waals surface area contributed by atoms with Gasteiger partial charge in [-0.15, -0.1) is 0 Å². The molecule has 0 saturated carbocycles. The molecule has 0 bridgehead atoms. The second kappa shape index (κ2) is 5.26.